The minimum Gasteiger partial charge on any atom is -0.478 e. The molecule has 0 bridgehead atoms. The molecule has 1 aliphatic heterocycles. The summed E-state index contributed by atoms with van der Waals surface area (Å²) in [4.78, 5) is 13.2. The zero-order valence-corrected chi connectivity index (χ0v) is 9.87. The van der Waals surface area contributed by atoms with E-state index in [9.17, 15) is 4.79 Å². The van der Waals surface area contributed by atoms with Crippen molar-refractivity contribution in [3.8, 4) is 0 Å². The fourth-order valence-corrected chi connectivity index (χ4v) is 2.15. The van der Waals surface area contributed by atoms with Gasteiger partial charge in [0.05, 0.1) is 11.3 Å². The maximum atomic E-state index is 11.1. The summed E-state index contributed by atoms with van der Waals surface area (Å²) in [6.07, 6.45) is 1.15. The molecule has 2 rings (SSSR count). The monoisotopic (exact) mass is 239 g/mol. The zero-order chi connectivity index (χ0) is 11.7. The predicted molar refractivity (Wildman–Crippen MR) is 64.4 cm³/mol. The van der Waals surface area contributed by atoms with E-state index in [4.69, 9.17) is 16.7 Å². The van der Waals surface area contributed by atoms with Gasteiger partial charge in [-0.1, -0.05) is 18.5 Å². The van der Waals surface area contributed by atoms with Gasteiger partial charge in [-0.05, 0) is 30.5 Å². The molecule has 0 amide bonds. The number of carboxylic acid groups (broad SMARTS) is 1. The fraction of sp³-hybridized carbons (Fsp3) is 0.417. The van der Waals surface area contributed by atoms with Crippen LogP contribution >= 0.6 is 11.6 Å². The Bertz CT molecular complexity index is 413. The Labute approximate surface area is 99.6 Å². The average molecular weight is 240 g/mol. The van der Waals surface area contributed by atoms with E-state index in [2.05, 4.69) is 11.8 Å². The van der Waals surface area contributed by atoms with Gasteiger partial charge in [-0.15, -0.1) is 0 Å². The molecule has 1 N–H and O–H groups in total. The third kappa shape index (κ3) is 2.00. The van der Waals surface area contributed by atoms with Crippen LogP contribution in [0.4, 0.5) is 5.69 Å². The smallest absolute Gasteiger partial charge is 0.337 e. The topological polar surface area (TPSA) is 40.5 Å². The molecule has 86 valence electrons. The van der Waals surface area contributed by atoms with E-state index in [0.717, 1.165) is 25.2 Å². The van der Waals surface area contributed by atoms with E-state index in [1.165, 1.54) is 6.07 Å². The number of rotatable bonds is 3. The second-order valence-electron chi connectivity index (χ2n) is 4.15. The molecule has 0 atom stereocenters. The van der Waals surface area contributed by atoms with Crippen LogP contribution in [0.3, 0.4) is 0 Å². The van der Waals surface area contributed by atoms with E-state index in [1.807, 2.05) is 0 Å². The molecule has 0 unspecified atom stereocenters. The van der Waals surface area contributed by atoms with Crippen molar-refractivity contribution < 1.29 is 9.90 Å². The molecule has 0 spiro atoms. The highest BCUT2D eigenvalue weighted by Crippen LogP contribution is 2.31. The Morgan fingerprint density at radius 2 is 2.25 bits per heavy atom. The van der Waals surface area contributed by atoms with Crippen molar-refractivity contribution >= 4 is 23.3 Å². The van der Waals surface area contributed by atoms with Crippen molar-refractivity contribution in [1.29, 1.82) is 0 Å². The second-order valence-corrected chi connectivity index (χ2v) is 4.58. The molecular formula is C12H14ClNO2. The molecule has 4 heteroatoms. The molecule has 1 heterocycles. The molecule has 0 aromatic heterocycles. The van der Waals surface area contributed by atoms with Crippen LogP contribution in [0.2, 0.25) is 5.02 Å². The van der Waals surface area contributed by atoms with Gasteiger partial charge < -0.3 is 10.0 Å². The van der Waals surface area contributed by atoms with Gasteiger partial charge in [-0.2, -0.15) is 0 Å². The van der Waals surface area contributed by atoms with Gasteiger partial charge in [0, 0.05) is 18.1 Å². The SMILES string of the molecule is CCC1CN(c2ccc(Cl)cc2C(=O)O)C1. The first kappa shape index (κ1) is 11.3. The maximum absolute atomic E-state index is 11.1. The lowest BCUT2D eigenvalue weighted by atomic mass is 9.95. The molecule has 3 nitrogen and oxygen atoms in total. The van der Waals surface area contributed by atoms with E-state index in [1.54, 1.807) is 12.1 Å². The molecule has 0 aliphatic carbocycles. The predicted octanol–water partition coefficient (Wildman–Crippen LogP) is 2.88. The minimum absolute atomic E-state index is 0.294. The molecule has 0 radical (unpaired) electrons. The van der Waals surface area contributed by atoms with E-state index in [0.29, 0.717) is 16.5 Å². The van der Waals surface area contributed by atoms with Crippen LogP contribution in [0, 0.1) is 5.92 Å². The highest BCUT2D eigenvalue weighted by atomic mass is 35.5. The number of hydrogen-bond donors (Lipinski definition) is 1. The number of nitrogens with zero attached hydrogens (tertiary/aromatic N) is 1. The number of halogens is 1. The zero-order valence-electron chi connectivity index (χ0n) is 9.11. The van der Waals surface area contributed by atoms with Crippen LogP contribution < -0.4 is 4.90 Å². The van der Waals surface area contributed by atoms with Crippen molar-refractivity contribution in [2.45, 2.75) is 13.3 Å². The number of hydrogen-bond acceptors (Lipinski definition) is 2. The normalized spacial score (nSPS) is 16.0. The summed E-state index contributed by atoms with van der Waals surface area (Å²) >= 11 is 5.80. The first-order valence-electron chi connectivity index (χ1n) is 5.39. The van der Waals surface area contributed by atoms with Crippen LogP contribution in [0.5, 0.6) is 0 Å². The van der Waals surface area contributed by atoms with Crippen molar-refractivity contribution in [2.24, 2.45) is 5.92 Å². The summed E-state index contributed by atoms with van der Waals surface area (Å²) < 4.78 is 0. The number of carboxylic acids is 1. The van der Waals surface area contributed by atoms with Gasteiger partial charge in [-0.3, -0.25) is 0 Å². The van der Waals surface area contributed by atoms with E-state index < -0.39 is 5.97 Å². The summed E-state index contributed by atoms with van der Waals surface area (Å²) in [6.45, 7) is 4.04. The van der Waals surface area contributed by atoms with Crippen molar-refractivity contribution in [2.75, 3.05) is 18.0 Å². The third-order valence-corrected chi connectivity index (χ3v) is 3.30. The van der Waals surface area contributed by atoms with Crippen LogP contribution in [0.25, 0.3) is 0 Å². The first-order valence-corrected chi connectivity index (χ1v) is 5.77. The highest BCUT2D eigenvalue weighted by molar-refractivity contribution is 6.31. The molecule has 1 aromatic carbocycles. The van der Waals surface area contributed by atoms with Crippen LogP contribution in [-0.4, -0.2) is 24.2 Å². The molecule has 1 saturated heterocycles. The van der Waals surface area contributed by atoms with Crippen molar-refractivity contribution in [1.82, 2.24) is 0 Å². The Kier molecular flexibility index (Phi) is 3.06. The van der Waals surface area contributed by atoms with Gasteiger partial charge in [0.25, 0.3) is 0 Å². The molecule has 1 aromatic rings. The summed E-state index contributed by atoms with van der Waals surface area (Å²) in [7, 11) is 0. The standard InChI is InChI=1S/C12H14ClNO2/c1-2-8-6-14(7-8)11-4-3-9(13)5-10(11)12(15)16/h3-5,8H,2,6-7H2,1H3,(H,15,16). The van der Waals surface area contributed by atoms with Crippen LogP contribution in [-0.2, 0) is 0 Å². The molecular weight excluding hydrogens is 226 g/mol. The largest absolute Gasteiger partial charge is 0.478 e. The quantitative estimate of drug-likeness (QED) is 0.882. The minimum atomic E-state index is -0.919. The van der Waals surface area contributed by atoms with Crippen molar-refractivity contribution in [3.05, 3.63) is 28.8 Å². The lowest BCUT2D eigenvalue weighted by Gasteiger charge is -2.41. The van der Waals surface area contributed by atoms with Crippen molar-refractivity contribution in [3.63, 3.8) is 0 Å². The lowest BCUT2D eigenvalue weighted by molar-refractivity contribution is 0.0697. The summed E-state index contributed by atoms with van der Waals surface area (Å²) in [5.74, 6) is -0.227. The number of benzene rings is 1. The average Bonchev–Trinajstić information content (AvgIpc) is 2.18. The fourth-order valence-electron chi connectivity index (χ4n) is 1.98. The Hall–Kier alpha value is -1.22. The van der Waals surface area contributed by atoms with Crippen LogP contribution in [0.1, 0.15) is 23.7 Å². The third-order valence-electron chi connectivity index (χ3n) is 3.06. The Balaban J connectivity index is 2.24. The Morgan fingerprint density at radius 3 is 2.81 bits per heavy atom. The summed E-state index contributed by atoms with van der Waals surface area (Å²) in [5.41, 5.74) is 1.07. The molecule has 1 aliphatic rings. The summed E-state index contributed by atoms with van der Waals surface area (Å²) in [6, 6.07) is 5.04. The maximum Gasteiger partial charge on any atom is 0.337 e. The number of anilines is 1. The van der Waals surface area contributed by atoms with Gasteiger partial charge >= 0.3 is 5.97 Å². The Morgan fingerprint density at radius 1 is 1.56 bits per heavy atom. The van der Waals surface area contributed by atoms with Crippen LogP contribution in [0.15, 0.2) is 18.2 Å². The second kappa shape index (κ2) is 4.34. The first-order chi connectivity index (χ1) is 7.61. The molecule has 1 fully saturated rings. The molecule has 16 heavy (non-hydrogen) atoms. The van der Waals surface area contributed by atoms with Gasteiger partial charge in [-0.25, -0.2) is 4.79 Å². The molecule has 0 saturated carbocycles. The number of carbonyl (C=O) groups is 1. The summed E-state index contributed by atoms with van der Waals surface area (Å²) in [5, 5.41) is 9.56. The lowest BCUT2D eigenvalue weighted by Crippen LogP contribution is -2.47. The van der Waals surface area contributed by atoms with E-state index in [-0.39, 0.29) is 0 Å². The highest BCUT2D eigenvalue weighted by Gasteiger charge is 2.28. The van der Waals surface area contributed by atoms with E-state index >= 15 is 0 Å². The number of aromatic carboxylic acids is 1. The van der Waals surface area contributed by atoms with Gasteiger partial charge in [0.15, 0.2) is 0 Å². The van der Waals surface area contributed by atoms with Gasteiger partial charge in [0.2, 0.25) is 0 Å². The van der Waals surface area contributed by atoms with Gasteiger partial charge in [0.1, 0.15) is 0 Å².